The second-order valence-corrected chi connectivity index (χ2v) is 8.06. The van der Waals surface area contributed by atoms with Crippen molar-refractivity contribution in [1.82, 2.24) is 25.3 Å². The van der Waals surface area contributed by atoms with Crippen molar-refractivity contribution in [2.45, 2.75) is 38.8 Å². The maximum absolute atomic E-state index is 4.44. The van der Waals surface area contributed by atoms with Gasteiger partial charge in [-0.3, -0.25) is 14.8 Å². The Labute approximate surface area is 170 Å². The molecule has 4 aliphatic heterocycles. The molecule has 4 saturated heterocycles. The van der Waals surface area contributed by atoms with Crippen molar-refractivity contribution in [1.29, 1.82) is 0 Å². The largest absolute Gasteiger partial charge is 0.355 e. The summed E-state index contributed by atoms with van der Waals surface area (Å²) in [7, 11) is 1.89. The fraction of sp³-hybridized carbons (Fsp3) is 0.944. The van der Waals surface area contributed by atoms with Gasteiger partial charge in [0.1, 0.15) is 0 Å². The Balaban J connectivity index is 0.00000225. The van der Waals surface area contributed by atoms with E-state index in [0.717, 1.165) is 18.4 Å². The molecule has 25 heavy (non-hydrogen) atoms. The molecule has 0 aromatic heterocycles. The molecule has 2 N–H and O–H groups in total. The lowest BCUT2D eigenvalue weighted by Gasteiger charge is -2.47. The molecule has 1 unspecified atom stereocenters. The maximum Gasteiger partial charge on any atom is 0.191 e. The number of rotatable bonds is 5. The summed E-state index contributed by atoms with van der Waals surface area (Å²) in [6.45, 7) is 15.4. The van der Waals surface area contributed by atoms with E-state index < -0.39 is 0 Å². The molecule has 0 radical (unpaired) electrons. The van der Waals surface area contributed by atoms with Crippen molar-refractivity contribution < 1.29 is 0 Å². The summed E-state index contributed by atoms with van der Waals surface area (Å²) in [6.07, 6.45) is 2.44. The number of fused-ring (bicyclic) bond motifs is 3. The highest BCUT2D eigenvalue weighted by Crippen LogP contribution is 2.15. The van der Waals surface area contributed by atoms with Gasteiger partial charge in [-0.1, -0.05) is 13.8 Å². The van der Waals surface area contributed by atoms with Crippen molar-refractivity contribution >= 4 is 29.9 Å². The quantitative estimate of drug-likeness (QED) is 0.360. The second kappa shape index (κ2) is 10.3. The van der Waals surface area contributed by atoms with Crippen LogP contribution >= 0.6 is 24.0 Å². The Bertz CT molecular complexity index is 414. The molecule has 4 aliphatic rings. The summed E-state index contributed by atoms with van der Waals surface area (Å²) < 4.78 is 0. The first kappa shape index (κ1) is 21.2. The van der Waals surface area contributed by atoms with Gasteiger partial charge in [0.25, 0.3) is 0 Å². The lowest BCUT2D eigenvalue weighted by atomic mass is 10.0. The smallest absolute Gasteiger partial charge is 0.191 e. The zero-order valence-corrected chi connectivity index (χ0v) is 18.5. The van der Waals surface area contributed by atoms with Gasteiger partial charge in [0.05, 0.1) is 0 Å². The van der Waals surface area contributed by atoms with Crippen LogP contribution in [0.5, 0.6) is 0 Å². The first-order valence-electron chi connectivity index (χ1n) is 9.80. The molecule has 2 bridgehead atoms. The topological polar surface area (TPSA) is 46.1 Å². The van der Waals surface area contributed by atoms with Crippen LogP contribution in [-0.2, 0) is 0 Å². The molecule has 0 amide bonds. The molecule has 4 rings (SSSR count). The summed E-state index contributed by atoms with van der Waals surface area (Å²) in [4.78, 5) is 12.3. The van der Waals surface area contributed by atoms with E-state index in [9.17, 15) is 0 Å². The highest BCUT2D eigenvalue weighted by Gasteiger charge is 2.31. The fourth-order valence-corrected chi connectivity index (χ4v) is 4.30. The van der Waals surface area contributed by atoms with E-state index in [1.54, 1.807) is 0 Å². The average Bonchev–Trinajstić information content (AvgIpc) is 2.60. The van der Waals surface area contributed by atoms with Gasteiger partial charge in [0, 0.05) is 78.0 Å². The molecule has 1 atom stereocenters. The van der Waals surface area contributed by atoms with Crippen LogP contribution in [0.1, 0.15) is 26.7 Å². The number of piperazine rings is 3. The average molecular weight is 464 g/mol. The zero-order valence-electron chi connectivity index (χ0n) is 16.2. The van der Waals surface area contributed by atoms with E-state index in [4.69, 9.17) is 0 Å². The molecule has 0 aliphatic carbocycles. The third-order valence-corrected chi connectivity index (χ3v) is 5.67. The first-order chi connectivity index (χ1) is 11.6. The van der Waals surface area contributed by atoms with E-state index >= 15 is 0 Å². The first-order valence-corrected chi connectivity index (χ1v) is 9.80. The normalized spacial score (nSPS) is 31.0. The van der Waals surface area contributed by atoms with E-state index in [1.807, 2.05) is 7.05 Å². The minimum absolute atomic E-state index is 0. The molecule has 4 fully saturated rings. The number of nitrogens with one attached hydrogen (secondary N) is 2. The Morgan fingerprint density at radius 3 is 2.28 bits per heavy atom. The third kappa shape index (κ3) is 6.22. The minimum Gasteiger partial charge on any atom is -0.355 e. The van der Waals surface area contributed by atoms with Gasteiger partial charge in [-0.15, -0.1) is 24.0 Å². The molecule has 0 saturated carbocycles. The molecule has 0 aromatic rings. The van der Waals surface area contributed by atoms with Gasteiger partial charge in [0.2, 0.25) is 0 Å². The van der Waals surface area contributed by atoms with E-state index in [1.165, 1.54) is 65.2 Å². The third-order valence-electron chi connectivity index (χ3n) is 5.67. The molecular formula is C18H37IN6. The maximum atomic E-state index is 4.44. The Morgan fingerprint density at radius 1 is 1.08 bits per heavy atom. The summed E-state index contributed by atoms with van der Waals surface area (Å²) >= 11 is 0. The van der Waals surface area contributed by atoms with Crippen LogP contribution in [0.3, 0.4) is 0 Å². The Hall–Kier alpha value is -0.120. The van der Waals surface area contributed by atoms with Gasteiger partial charge in [0.15, 0.2) is 5.96 Å². The lowest BCUT2D eigenvalue weighted by Crippen LogP contribution is -2.64. The number of piperidine rings is 1. The predicted octanol–water partition coefficient (Wildman–Crippen LogP) is 0.890. The SMILES string of the molecule is CN=C(NCC1CN2CCN1CC2)NC1CCN(CC(C)C)CC1.I. The molecule has 4 heterocycles. The molecule has 7 heteroatoms. The summed E-state index contributed by atoms with van der Waals surface area (Å²) in [6, 6.07) is 1.20. The van der Waals surface area contributed by atoms with Crippen LogP contribution in [0.15, 0.2) is 4.99 Å². The monoisotopic (exact) mass is 464 g/mol. The van der Waals surface area contributed by atoms with Crippen LogP contribution in [0.2, 0.25) is 0 Å². The summed E-state index contributed by atoms with van der Waals surface area (Å²) in [5.74, 6) is 1.75. The number of hydrogen-bond donors (Lipinski definition) is 2. The zero-order chi connectivity index (χ0) is 16.9. The fourth-order valence-electron chi connectivity index (χ4n) is 4.30. The Kier molecular flexibility index (Phi) is 8.71. The predicted molar refractivity (Wildman–Crippen MR) is 116 cm³/mol. The minimum atomic E-state index is 0. The van der Waals surface area contributed by atoms with Crippen LogP contribution in [0.25, 0.3) is 0 Å². The molecular weight excluding hydrogens is 427 g/mol. The molecule has 0 aromatic carbocycles. The number of halogens is 1. The molecule has 146 valence electrons. The van der Waals surface area contributed by atoms with Gasteiger partial charge < -0.3 is 15.5 Å². The number of hydrogen-bond acceptors (Lipinski definition) is 4. The second-order valence-electron chi connectivity index (χ2n) is 8.06. The van der Waals surface area contributed by atoms with Gasteiger partial charge in [-0.05, 0) is 18.8 Å². The highest BCUT2D eigenvalue weighted by molar-refractivity contribution is 14.0. The number of nitrogens with zero attached hydrogens (tertiary/aromatic N) is 4. The summed E-state index contributed by atoms with van der Waals surface area (Å²) in [5.41, 5.74) is 0. The van der Waals surface area contributed by atoms with Gasteiger partial charge >= 0.3 is 0 Å². The highest BCUT2D eigenvalue weighted by atomic mass is 127. The van der Waals surface area contributed by atoms with E-state index in [0.29, 0.717) is 12.1 Å². The van der Waals surface area contributed by atoms with Gasteiger partial charge in [-0.25, -0.2) is 0 Å². The van der Waals surface area contributed by atoms with Crippen molar-refractivity contribution in [2.75, 3.05) is 66.0 Å². The van der Waals surface area contributed by atoms with Crippen molar-refractivity contribution in [3.05, 3.63) is 0 Å². The van der Waals surface area contributed by atoms with Crippen LogP contribution in [0, 0.1) is 5.92 Å². The molecule has 0 spiro atoms. The Morgan fingerprint density at radius 2 is 1.76 bits per heavy atom. The van der Waals surface area contributed by atoms with Crippen LogP contribution < -0.4 is 10.6 Å². The van der Waals surface area contributed by atoms with Crippen molar-refractivity contribution in [2.24, 2.45) is 10.9 Å². The van der Waals surface area contributed by atoms with Crippen molar-refractivity contribution in [3.8, 4) is 0 Å². The van der Waals surface area contributed by atoms with Gasteiger partial charge in [-0.2, -0.15) is 0 Å². The standard InChI is InChI=1S/C18H36N6.HI/c1-15(2)13-22-6-4-16(5-7-22)21-18(19-3)20-12-17-14-23-8-10-24(17)11-9-23;/h15-17H,4-14H2,1-3H3,(H2,19,20,21);1H. The van der Waals surface area contributed by atoms with E-state index in [2.05, 4.69) is 44.2 Å². The number of guanidine groups is 1. The van der Waals surface area contributed by atoms with Crippen molar-refractivity contribution in [3.63, 3.8) is 0 Å². The lowest BCUT2D eigenvalue weighted by molar-refractivity contribution is 0.0154. The molecule has 6 nitrogen and oxygen atoms in total. The van der Waals surface area contributed by atoms with E-state index in [-0.39, 0.29) is 24.0 Å². The summed E-state index contributed by atoms with van der Waals surface area (Å²) in [5, 5.41) is 7.21. The number of aliphatic imine (C=N–C) groups is 1. The van der Waals surface area contributed by atoms with Crippen LogP contribution in [0.4, 0.5) is 0 Å². The van der Waals surface area contributed by atoms with Crippen LogP contribution in [-0.4, -0.2) is 98.7 Å². The number of likely N-dealkylation sites (tertiary alicyclic amines) is 1.